The van der Waals surface area contributed by atoms with Crippen molar-refractivity contribution in [3.63, 3.8) is 0 Å². The Morgan fingerprint density at radius 3 is 2.12 bits per heavy atom. The Labute approximate surface area is 245 Å². The lowest BCUT2D eigenvalue weighted by atomic mass is 9.52. The van der Waals surface area contributed by atoms with Gasteiger partial charge in [-0.1, -0.05) is 32.9 Å². The molecule has 0 amide bonds. The van der Waals surface area contributed by atoms with Gasteiger partial charge in [-0.25, -0.2) is 0 Å². The van der Waals surface area contributed by atoms with Gasteiger partial charge >= 0.3 is 29.8 Å². The Kier molecular flexibility index (Phi) is 8.82. The van der Waals surface area contributed by atoms with Crippen LogP contribution in [0.25, 0.3) is 0 Å². The zero-order valence-electron chi connectivity index (χ0n) is 25.2. The van der Waals surface area contributed by atoms with Crippen molar-refractivity contribution >= 4 is 29.8 Å². The number of rotatable bonds is 6. The first-order valence-electron chi connectivity index (χ1n) is 14.6. The predicted octanol–water partition coefficient (Wildman–Crippen LogP) is 2.18. The molecule has 1 spiro atoms. The van der Waals surface area contributed by atoms with Crippen LogP contribution in [0.15, 0.2) is 12.2 Å². The number of epoxide rings is 1. The molecule has 4 rings (SSSR count). The Morgan fingerprint density at radius 1 is 1.00 bits per heavy atom. The number of aliphatic hydroxyl groups is 1. The van der Waals surface area contributed by atoms with E-state index in [0.29, 0.717) is 6.42 Å². The third-order valence-electron chi connectivity index (χ3n) is 9.53. The van der Waals surface area contributed by atoms with Crippen LogP contribution in [0.4, 0.5) is 0 Å². The summed E-state index contributed by atoms with van der Waals surface area (Å²) in [7, 11) is 0. The van der Waals surface area contributed by atoms with Gasteiger partial charge in [0.15, 0.2) is 11.7 Å². The molecule has 4 aliphatic rings. The molecular weight excluding hydrogens is 552 g/mol. The molecule has 12 heteroatoms. The second-order valence-electron chi connectivity index (χ2n) is 12.4. The van der Waals surface area contributed by atoms with Crippen LogP contribution in [-0.4, -0.2) is 83.3 Å². The molecule has 2 aliphatic carbocycles. The van der Waals surface area contributed by atoms with E-state index in [1.54, 1.807) is 26.0 Å². The van der Waals surface area contributed by atoms with Crippen molar-refractivity contribution in [1.82, 2.24) is 0 Å². The number of ether oxygens (including phenoxy) is 6. The smallest absolute Gasteiger partial charge is 0.312 e. The van der Waals surface area contributed by atoms with Gasteiger partial charge in [0, 0.05) is 44.9 Å². The number of hydrogen-bond donors (Lipinski definition) is 1. The summed E-state index contributed by atoms with van der Waals surface area (Å²) in [6.07, 6.45) is -1.20. The van der Waals surface area contributed by atoms with Gasteiger partial charge in [0.25, 0.3) is 0 Å². The number of carbonyl (C=O) groups excluding carboxylic acids is 5. The van der Waals surface area contributed by atoms with Crippen molar-refractivity contribution in [2.24, 2.45) is 23.2 Å². The first-order chi connectivity index (χ1) is 19.6. The van der Waals surface area contributed by atoms with Crippen LogP contribution >= 0.6 is 0 Å². The van der Waals surface area contributed by atoms with Crippen LogP contribution in [0.2, 0.25) is 0 Å². The Bertz CT molecular complexity index is 1140. The zero-order chi connectivity index (χ0) is 31.2. The molecule has 234 valence electrons. The zero-order valence-corrected chi connectivity index (χ0v) is 25.2. The Hall–Kier alpha value is -2.99. The van der Waals surface area contributed by atoms with Crippen LogP contribution in [0, 0.1) is 23.2 Å². The minimum Gasteiger partial charge on any atom is -0.462 e. The maximum atomic E-state index is 13.1. The largest absolute Gasteiger partial charge is 0.462 e. The molecular formula is C30H42O12. The molecule has 0 aromatic carbocycles. The molecule has 0 bridgehead atoms. The lowest BCUT2D eigenvalue weighted by Gasteiger charge is -2.57. The Balaban J connectivity index is 1.97. The lowest BCUT2D eigenvalue weighted by Crippen LogP contribution is -2.71. The van der Waals surface area contributed by atoms with E-state index in [1.165, 1.54) is 27.7 Å². The average molecular weight is 595 g/mol. The van der Waals surface area contributed by atoms with Gasteiger partial charge in [0.2, 0.25) is 0 Å². The van der Waals surface area contributed by atoms with Crippen molar-refractivity contribution in [1.29, 1.82) is 0 Å². The maximum Gasteiger partial charge on any atom is 0.312 e. The van der Waals surface area contributed by atoms with Gasteiger partial charge in [0.1, 0.15) is 30.0 Å². The highest BCUT2D eigenvalue weighted by Gasteiger charge is 2.77. The van der Waals surface area contributed by atoms with Crippen molar-refractivity contribution in [2.75, 3.05) is 6.61 Å². The molecule has 1 saturated carbocycles. The molecule has 2 aliphatic heterocycles. The first kappa shape index (κ1) is 31.9. The van der Waals surface area contributed by atoms with Gasteiger partial charge < -0.3 is 33.5 Å². The molecule has 0 unspecified atom stereocenters. The molecule has 0 radical (unpaired) electrons. The van der Waals surface area contributed by atoms with E-state index in [4.69, 9.17) is 28.4 Å². The van der Waals surface area contributed by atoms with E-state index in [0.717, 1.165) is 0 Å². The van der Waals surface area contributed by atoms with E-state index < -0.39 is 94.7 Å². The molecule has 1 N–H and O–H groups in total. The van der Waals surface area contributed by atoms with Crippen molar-refractivity contribution < 1.29 is 57.5 Å². The topological polar surface area (TPSA) is 164 Å². The van der Waals surface area contributed by atoms with Gasteiger partial charge in [-0.05, 0) is 19.8 Å². The number of hydrogen-bond acceptors (Lipinski definition) is 12. The summed E-state index contributed by atoms with van der Waals surface area (Å²) in [5.41, 5.74) is -4.66. The molecule has 42 heavy (non-hydrogen) atoms. The number of esters is 5. The van der Waals surface area contributed by atoms with Gasteiger partial charge in [-0.3, -0.25) is 24.0 Å². The highest BCUT2D eigenvalue weighted by atomic mass is 16.7. The molecule has 11 atom stereocenters. The summed E-state index contributed by atoms with van der Waals surface area (Å²) in [5.74, 6) is -5.68. The summed E-state index contributed by atoms with van der Waals surface area (Å²) in [6, 6.07) is 0. The van der Waals surface area contributed by atoms with E-state index >= 15 is 0 Å². The van der Waals surface area contributed by atoms with Crippen molar-refractivity contribution in [2.45, 2.75) is 116 Å². The summed E-state index contributed by atoms with van der Waals surface area (Å²) >= 11 is 0. The molecule has 3 fully saturated rings. The van der Waals surface area contributed by atoms with Crippen LogP contribution in [0.1, 0.15) is 74.1 Å². The quantitative estimate of drug-likeness (QED) is 0.207. The normalized spacial score (nSPS) is 42.2. The average Bonchev–Trinajstić information content (AvgIpc) is 3.65. The summed E-state index contributed by atoms with van der Waals surface area (Å²) in [5, 5.41) is 12.4. The Morgan fingerprint density at radius 2 is 1.57 bits per heavy atom. The molecule has 0 aromatic rings. The third kappa shape index (κ3) is 5.43. The minimum atomic E-state index is -2.03. The molecule has 2 heterocycles. The van der Waals surface area contributed by atoms with Crippen LogP contribution in [0.5, 0.6) is 0 Å². The second-order valence-corrected chi connectivity index (χ2v) is 12.4. The monoisotopic (exact) mass is 594 g/mol. The molecule has 12 nitrogen and oxygen atoms in total. The minimum absolute atomic E-state index is 0.00359. The summed E-state index contributed by atoms with van der Waals surface area (Å²) in [6.45, 7) is 10.5. The molecule has 0 aromatic heterocycles. The predicted molar refractivity (Wildman–Crippen MR) is 143 cm³/mol. The van der Waals surface area contributed by atoms with E-state index in [1.807, 2.05) is 6.92 Å². The van der Waals surface area contributed by atoms with E-state index in [9.17, 15) is 29.1 Å². The van der Waals surface area contributed by atoms with Crippen LogP contribution < -0.4 is 0 Å². The van der Waals surface area contributed by atoms with Crippen molar-refractivity contribution in [3.05, 3.63) is 12.2 Å². The van der Waals surface area contributed by atoms with Crippen molar-refractivity contribution in [3.8, 4) is 0 Å². The van der Waals surface area contributed by atoms with E-state index in [-0.39, 0.29) is 25.9 Å². The van der Waals surface area contributed by atoms with Gasteiger partial charge in [-0.2, -0.15) is 0 Å². The van der Waals surface area contributed by atoms with Gasteiger partial charge in [-0.15, -0.1) is 0 Å². The maximum absolute atomic E-state index is 13.1. The highest BCUT2D eigenvalue weighted by molar-refractivity contribution is 5.77. The van der Waals surface area contributed by atoms with Gasteiger partial charge in [0.05, 0.1) is 18.4 Å². The first-order valence-corrected chi connectivity index (χ1v) is 14.6. The fourth-order valence-electron chi connectivity index (χ4n) is 7.14. The second kappa shape index (κ2) is 11.6. The number of carbonyl (C=O) groups is 5. The standard InChI is InChI=1S/C30H42O12/c1-8-15(2)26(34)41-20-13-28(7)21(38-17(4)31)11-9-10-12-22-30(36,16(3)27(35)42-22)25(40-19(6)33)23(28)29(14-37-29)24(20)39-18(5)32/h9-10,15-16,20-25,36H,8,11-14H2,1-7H3/b10-9-/t15-,16+,20-,21+,22+,23+,24+,25+,28-,29+,30-/m1/s1. The van der Waals surface area contributed by atoms with Crippen LogP contribution in [0.3, 0.4) is 0 Å². The molecule has 2 saturated heterocycles. The fraction of sp³-hybridized carbons (Fsp3) is 0.767. The van der Waals surface area contributed by atoms with Crippen LogP contribution in [-0.2, 0) is 52.4 Å². The van der Waals surface area contributed by atoms with E-state index in [2.05, 4.69) is 0 Å². The highest BCUT2D eigenvalue weighted by Crippen LogP contribution is 2.62. The number of fused-ring (bicyclic) bond motifs is 3. The summed E-state index contributed by atoms with van der Waals surface area (Å²) in [4.78, 5) is 63.5. The fourth-order valence-corrected chi connectivity index (χ4v) is 7.14. The third-order valence-corrected chi connectivity index (χ3v) is 9.53. The SMILES string of the molecule is CC[C@@H](C)C(=O)O[C@@H]1C[C@]2(C)[C@@H](OC(C)=O)C/C=C\C[C@@H]3OC(=O)[C@H](C)[C@]3(O)[C@@H](OC(C)=O)[C@@H]2[C@@]2(CO2)[C@H]1OC(C)=O. The summed E-state index contributed by atoms with van der Waals surface area (Å²) < 4.78 is 35.3. The lowest BCUT2D eigenvalue weighted by molar-refractivity contribution is -0.252.